The molecule has 1 saturated heterocycles. The number of piperazine rings is 1. The molecular formula is C22H27ClN2O3. The van der Waals surface area contributed by atoms with Gasteiger partial charge >= 0.3 is 0 Å². The summed E-state index contributed by atoms with van der Waals surface area (Å²) in [5, 5.41) is 0. The number of benzene rings is 2. The van der Waals surface area contributed by atoms with Crippen molar-refractivity contribution in [3.8, 4) is 11.5 Å². The lowest BCUT2D eigenvalue weighted by atomic mass is 10.1. The molecule has 0 aromatic heterocycles. The molecule has 6 heteroatoms. The second-order valence-electron chi connectivity index (χ2n) is 6.53. The molecule has 0 aliphatic carbocycles. The van der Waals surface area contributed by atoms with Gasteiger partial charge in [-0.25, -0.2) is 0 Å². The Bertz CT molecular complexity index is 788. The summed E-state index contributed by atoms with van der Waals surface area (Å²) in [5.41, 5.74) is 2.22. The van der Waals surface area contributed by atoms with Crippen molar-refractivity contribution in [1.82, 2.24) is 9.80 Å². The summed E-state index contributed by atoms with van der Waals surface area (Å²) in [6.07, 6.45) is 3.45. The molecule has 1 aliphatic heterocycles. The molecule has 1 amide bonds. The van der Waals surface area contributed by atoms with Crippen LogP contribution in [0.5, 0.6) is 11.5 Å². The van der Waals surface area contributed by atoms with Crippen LogP contribution in [0.4, 0.5) is 0 Å². The van der Waals surface area contributed by atoms with Gasteiger partial charge in [-0.1, -0.05) is 36.4 Å². The smallest absolute Gasteiger partial charge is 0.246 e. The van der Waals surface area contributed by atoms with Gasteiger partial charge in [-0.3, -0.25) is 9.69 Å². The third-order valence-electron chi connectivity index (χ3n) is 4.76. The number of ether oxygens (including phenoxy) is 2. The summed E-state index contributed by atoms with van der Waals surface area (Å²) < 4.78 is 10.5. The summed E-state index contributed by atoms with van der Waals surface area (Å²) >= 11 is 0. The van der Waals surface area contributed by atoms with E-state index in [9.17, 15) is 4.79 Å². The normalized spacial score (nSPS) is 14.6. The van der Waals surface area contributed by atoms with Crippen molar-refractivity contribution < 1.29 is 14.3 Å². The van der Waals surface area contributed by atoms with Crippen LogP contribution in [0.2, 0.25) is 0 Å². The summed E-state index contributed by atoms with van der Waals surface area (Å²) in [6.45, 7) is 4.23. The monoisotopic (exact) mass is 402 g/mol. The second-order valence-corrected chi connectivity index (χ2v) is 6.53. The topological polar surface area (TPSA) is 42.0 Å². The molecular weight excluding hydrogens is 376 g/mol. The lowest BCUT2D eigenvalue weighted by molar-refractivity contribution is -0.127. The van der Waals surface area contributed by atoms with Crippen LogP contribution in [0.25, 0.3) is 6.08 Å². The molecule has 1 aliphatic rings. The van der Waals surface area contributed by atoms with E-state index >= 15 is 0 Å². The van der Waals surface area contributed by atoms with Crippen LogP contribution in [0.15, 0.2) is 54.6 Å². The van der Waals surface area contributed by atoms with E-state index < -0.39 is 0 Å². The molecule has 0 atom stereocenters. The van der Waals surface area contributed by atoms with Crippen LogP contribution in [-0.2, 0) is 11.3 Å². The predicted molar refractivity (Wildman–Crippen MR) is 114 cm³/mol. The van der Waals surface area contributed by atoms with E-state index in [2.05, 4.69) is 29.2 Å². The highest BCUT2D eigenvalue weighted by molar-refractivity contribution is 5.92. The van der Waals surface area contributed by atoms with E-state index in [1.165, 1.54) is 5.56 Å². The fourth-order valence-electron chi connectivity index (χ4n) is 3.20. The fourth-order valence-corrected chi connectivity index (χ4v) is 3.20. The van der Waals surface area contributed by atoms with Gasteiger partial charge in [0, 0.05) is 38.8 Å². The first-order chi connectivity index (χ1) is 13.2. The molecule has 0 saturated carbocycles. The second kappa shape index (κ2) is 10.7. The average molecular weight is 403 g/mol. The largest absolute Gasteiger partial charge is 0.493 e. The summed E-state index contributed by atoms with van der Waals surface area (Å²) in [5.74, 6) is 1.38. The van der Waals surface area contributed by atoms with Crippen molar-refractivity contribution in [3.05, 3.63) is 65.7 Å². The number of rotatable bonds is 6. The Morgan fingerprint density at radius 1 is 0.964 bits per heavy atom. The van der Waals surface area contributed by atoms with Gasteiger partial charge in [0.25, 0.3) is 0 Å². The van der Waals surface area contributed by atoms with E-state index in [0.717, 1.165) is 38.3 Å². The molecule has 1 heterocycles. The average Bonchev–Trinajstić information content (AvgIpc) is 2.73. The Hall–Kier alpha value is -2.50. The number of amides is 1. The quantitative estimate of drug-likeness (QED) is 0.694. The SMILES string of the molecule is COc1ccc(/C=C/C(=O)N2CCN(Cc3ccccc3)CC2)cc1OC.Cl. The first-order valence-electron chi connectivity index (χ1n) is 9.15. The molecule has 0 unspecified atom stereocenters. The van der Waals surface area contributed by atoms with Gasteiger partial charge in [0.2, 0.25) is 5.91 Å². The molecule has 2 aromatic carbocycles. The van der Waals surface area contributed by atoms with Crippen molar-refractivity contribution in [2.75, 3.05) is 40.4 Å². The van der Waals surface area contributed by atoms with Crippen LogP contribution in [0, 0.1) is 0 Å². The van der Waals surface area contributed by atoms with Crippen LogP contribution in [-0.4, -0.2) is 56.1 Å². The third kappa shape index (κ3) is 5.75. The molecule has 150 valence electrons. The number of halogens is 1. The molecule has 0 spiro atoms. The van der Waals surface area contributed by atoms with E-state index in [1.54, 1.807) is 20.3 Å². The van der Waals surface area contributed by atoms with Crippen LogP contribution < -0.4 is 9.47 Å². The molecule has 5 nitrogen and oxygen atoms in total. The number of hydrogen-bond acceptors (Lipinski definition) is 4. The highest BCUT2D eigenvalue weighted by Crippen LogP contribution is 2.28. The van der Waals surface area contributed by atoms with Crippen molar-refractivity contribution in [3.63, 3.8) is 0 Å². The van der Waals surface area contributed by atoms with E-state index in [0.29, 0.717) is 11.5 Å². The lowest BCUT2D eigenvalue weighted by Crippen LogP contribution is -2.47. The molecule has 2 aromatic rings. The number of methoxy groups -OCH3 is 2. The first-order valence-corrected chi connectivity index (χ1v) is 9.15. The zero-order valence-corrected chi connectivity index (χ0v) is 17.2. The first kappa shape index (κ1) is 21.8. The van der Waals surface area contributed by atoms with Crippen molar-refractivity contribution in [1.29, 1.82) is 0 Å². The van der Waals surface area contributed by atoms with E-state index in [1.807, 2.05) is 35.2 Å². The zero-order chi connectivity index (χ0) is 19.1. The fraction of sp³-hybridized carbons (Fsp3) is 0.318. The maximum absolute atomic E-state index is 12.5. The molecule has 28 heavy (non-hydrogen) atoms. The van der Waals surface area contributed by atoms with Gasteiger partial charge < -0.3 is 14.4 Å². The number of carbonyl (C=O) groups is 1. The Kier molecular flexibility index (Phi) is 8.36. The van der Waals surface area contributed by atoms with Crippen molar-refractivity contribution in [2.45, 2.75) is 6.54 Å². The van der Waals surface area contributed by atoms with E-state index in [4.69, 9.17) is 9.47 Å². The van der Waals surface area contributed by atoms with Crippen LogP contribution >= 0.6 is 12.4 Å². The molecule has 1 fully saturated rings. The predicted octanol–water partition coefficient (Wildman–Crippen LogP) is 3.48. The number of carbonyl (C=O) groups excluding carboxylic acids is 1. The number of nitrogens with zero attached hydrogens (tertiary/aromatic N) is 2. The highest BCUT2D eigenvalue weighted by Gasteiger charge is 2.19. The third-order valence-corrected chi connectivity index (χ3v) is 4.76. The maximum atomic E-state index is 12.5. The van der Waals surface area contributed by atoms with Crippen molar-refractivity contribution in [2.24, 2.45) is 0 Å². The summed E-state index contributed by atoms with van der Waals surface area (Å²) in [6, 6.07) is 16.1. The molecule has 0 bridgehead atoms. The molecule has 0 radical (unpaired) electrons. The Morgan fingerprint density at radius 3 is 2.29 bits per heavy atom. The van der Waals surface area contributed by atoms with Crippen LogP contribution in [0.1, 0.15) is 11.1 Å². The van der Waals surface area contributed by atoms with Crippen LogP contribution in [0.3, 0.4) is 0 Å². The Balaban J connectivity index is 0.00000280. The van der Waals surface area contributed by atoms with Gasteiger partial charge in [-0.2, -0.15) is 0 Å². The highest BCUT2D eigenvalue weighted by atomic mass is 35.5. The maximum Gasteiger partial charge on any atom is 0.246 e. The Labute approximate surface area is 173 Å². The standard InChI is InChI=1S/C22H26N2O3.ClH/c1-26-20-10-8-18(16-21(20)27-2)9-11-22(25)24-14-12-23(13-15-24)17-19-6-4-3-5-7-19;/h3-11,16H,12-15,17H2,1-2H3;1H/b11-9+;. The molecule has 3 rings (SSSR count). The van der Waals surface area contributed by atoms with Gasteiger partial charge in [0.05, 0.1) is 14.2 Å². The zero-order valence-electron chi connectivity index (χ0n) is 16.3. The van der Waals surface area contributed by atoms with Gasteiger partial charge in [-0.05, 0) is 29.3 Å². The Morgan fingerprint density at radius 2 is 1.64 bits per heavy atom. The minimum absolute atomic E-state index is 0. The molecule has 0 N–H and O–H groups in total. The lowest BCUT2D eigenvalue weighted by Gasteiger charge is -2.34. The van der Waals surface area contributed by atoms with Crippen molar-refractivity contribution >= 4 is 24.4 Å². The number of hydrogen-bond donors (Lipinski definition) is 0. The van der Waals surface area contributed by atoms with E-state index in [-0.39, 0.29) is 18.3 Å². The van der Waals surface area contributed by atoms with Gasteiger partial charge in [0.15, 0.2) is 11.5 Å². The van der Waals surface area contributed by atoms with Gasteiger partial charge in [0.1, 0.15) is 0 Å². The minimum atomic E-state index is 0. The van der Waals surface area contributed by atoms with Gasteiger partial charge in [-0.15, -0.1) is 12.4 Å². The summed E-state index contributed by atoms with van der Waals surface area (Å²) in [4.78, 5) is 16.8. The minimum Gasteiger partial charge on any atom is -0.493 e. The summed E-state index contributed by atoms with van der Waals surface area (Å²) in [7, 11) is 3.21.